The number of carbonyl (C=O) groups is 1. The van der Waals surface area contributed by atoms with Gasteiger partial charge < -0.3 is 10.6 Å². The molecule has 19 heavy (non-hydrogen) atoms. The maximum absolute atomic E-state index is 12.0. The summed E-state index contributed by atoms with van der Waals surface area (Å²) >= 11 is 0. The van der Waals surface area contributed by atoms with Gasteiger partial charge in [0.05, 0.1) is 5.41 Å². The Morgan fingerprint density at radius 3 is 2.84 bits per heavy atom. The molecule has 1 spiro atoms. The lowest BCUT2D eigenvalue weighted by atomic mass is 9.89. The van der Waals surface area contributed by atoms with Crippen molar-refractivity contribution in [3.8, 4) is 0 Å². The summed E-state index contributed by atoms with van der Waals surface area (Å²) in [6, 6.07) is 6.40. The highest BCUT2D eigenvalue weighted by Gasteiger charge is 2.52. The number of fused-ring (bicyclic) bond motifs is 1. The van der Waals surface area contributed by atoms with Gasteiger partial charge in [0.15, 0.2) is 0 Å². The molecule has 1 aromatic carbocycles. The van der Waals surface area contributed by atoms with E-state index in [0.29, 0.717) is 0 Å². The number of carbonyl (C=O) groups excluding carboxylic acids is 1. The van der Waals surface area contributed by atoms with Crippen molar-refractivity contribution in [3.05, 3.63) is 35.4 Å². The summed E-state index contributed by atoms with van der Waals surface area (Å²) in [6.07, 6.45) is 7.65. The molecule has 1 saturated carbocycles. The van der Waals surface area contributed by atoms with Crippen molar-refractivity contribution in [2.24, 2.45) is 5.41 Å². The zero-order chi connectivity index (χ0) is 12.9. The fourth-order valence-electron chi connectivity index (χ4n) is 3.15. The fourth-order valence-corrected chi connectivity index (χ4v) is 3.15. The molecule has 1 fully saturated rings. The van der Waals surface area contributed by atoms with Crippen LogP contribution in [0.5, 0.6) is 0 Å². The van der Waals surface area contributed by atoms with Crippen LogP contribution in [0.25, 0.3) is 5.70 Å². The number of hydrogen-bond donors (Lipinski definition) is 2. The number of amides is 1. The Morgan fingerprint density at radius 2 is 2.11 bits per heavy atom. The SMILES string of the molecule is O=C1Nc2ccc(C3=CCCCN3)cc2CC12CC2. The molecule has 0 unspecified atom stereocenters. The Hall–Kier alpha value is -1.77. The van der Waals surface area contributed by atoms with Crippen LogP contribution >= 0.6 is 0 Å². The minimum atomic E-state index is -0.0694. The lowest BCUT2D eigenvalue weighted by Gasteiger charge is -2.25. The van der Waals surface area contributed by atoms with E-state index >= 15 is 0 Å². The van der Waals surface area contributed by atoms with Crippen molar-refractivity contribution in [2.75, 3.05) is 11.9 Å². The Balaban J connectivity index is 1.70. The van der Waals surface area contributed by atoms with Crippen molar-refractivity contribution in [2.45, 2.75) is 32.1 Å². The molecule has 1 aromatic rings. The lowest BCUT2D eigenvalue weighted by Crippen LogP contribution is -2.31. The first-order valence-electron chi connectivity index (χ1n) is 7.16. The standard InChI is InChI=1S/C16H18N2O/c19-15-16(6-7-16)10-12-9-11(4-5-14(12)18-15)13-3-1-2-8-17-13/h3-5,9,17H,1-2,6-8,10H2,(H,18,19). The summed E-state index contributed by atoms with van der Waals surface area (Å²) in [4.78, 5) is 12.0. The molecule has 0 bridgehead atoms. The minimum Gasteiger partial charge on any atom is -0.385 e. The van der Waals surface area contributed by atoms with Crippen LogP contribution in [-0.2, 0) is 11.2 Å². The van der Waals surface area contributed by atoms with E-state index < -0.39 is 0 Å². The van der Waals surface area contributed by atoms with Crippen LogP contribution in [-0.4, -0.2) is 12.5 Å². The van der Waals surface area contributed by atoms with Gasteiger partial charge in [-0.1, -0.05) is 12.1 Å². The summed E-state index contributed by atoms with van der Waals surface area (Å²) in [7, 11) is 0. The molecule has 0 aromatic heterocycles. The molecule has 0 atom stereocenters. The van der Waals surface area contributed by atoms with Crippen LogP contribution < -0.4 is 10.6 Å². The first-order valence-corrected chi connectivity index (χ1v) is 7.16. The maximum Gasteiger partial charge on any atom is 0.230 e. The van der Waals surface area contributed by atoms with Crippen LogP contribution in [0.4, 0.5) is 5.69 Å². The Kier molecular flexibility index (Phi) is 2.25. The zero-order valence-electron chi connectivity index (χ0n) is 11.0. The third-order valence-electron chi connectivity index (χ3n) is 4.57. The molecule has 3 aliphatic rings. The third kappa shape index (κ3) is 1.76. The second-order valence-electron chi connectivity index (χ2n) is 5.97. The van der Waals surface area contributed by atoms with Crippen molar-refractivity contribution >= 4 is 17.3 Å². The average molecular weight is 254 g/mol. The molecule has 0 radical (unpaired) electrons. The van der Waals surface area contributed by atoms with E-state index in [9.17, 15) is 4.79 Å². The van der Waals surface area contributed by atoms with E-state index in [1.54, 1.807) is 0 Å². The summed E-state index contributed by atoms with van der Waals surface area (Å²) < 4.78 is 0. The van der Waals surface area contributed by atoms with Gasteiger partial charge in [-0.25, -0.2) is 0 Å². The number of rotatable bonds is 1. The lowest BCUT2D eigenvalue weighted by molar-refractivity contribution is -0.121. The average Bonchev–Trinajstić information content (AvgIpc) is 3.21. The first kappa shape index (κ1) is 11.1. The number of benzene rings is 1. The molecule has 98 valence electrons. The molecule has 3 heteroatoms. The second kappa shape index (κ2) is 3.86. The highest BCUT2D eigenvalue weighted by molar-refractivity contribution is 6.00. The predicted molar refractivity (Wildman–Crippen MR) is 75.7 cm³/mol. The van der Waals surface area contributed by atoms with Crippen LogP contribution in [0.3, 0.4) is 0 Å². The van der Waals surface area contributed by atoms with E-state index in [1.807, 2.05) is 0 Å². The maximum atomic E-state index is 12.0. The Morgan fingerprint density at radius 1 is 1.21 bits per heavy atom. The minimum absolute atomic E-state index is 0.0694. The number of hydrogen-bond acceptors (Lipinski definition) is 2. The predicted octanol–water partition coefficient (Wildman–Crippen LogP) is 2.69. The fraction of sp³-hybridized carbons (Fsp3) is 0.438. The number of allylic oxidation sites excluding steroid dienone is 1. The molecular formula is C16H18N2O. The Bertz CT molecular complexity index is 584. The Labute approximate surface area is 113 Å². The summed E-state index contributed by atoms with van der Waals surface area (Å²) in [5, 5.41) is 6.53. The molecule has 0 saturated heterocycles. The molecule has 2 aliphatic heterocycles. The van der Waals surface area contributed by atoms with Crippen LogP contribution in [0, 0.1) is 5.41 Å². The second-order valence-corrected chi connectivity index (χ2v) is 5.97. The monoisotopic (exact) mass is 254 g/mol. The summed E-state index contributed by atoms with van der Waals surface area (Å²) in [6.45, 7) is 1.06. The van der Waals surface area contributed by atoms with Crippen LogP contribution in [0.2, 0.25) is 0 Å². The summed E-state index contributed by atoms with van der Waals surface area (Å²) in [5.41, 5.74) is 4.73. The molecule has 1 aliphatic carbocycles. The van der Waals surface area contributed by atoms with Crippen molar-refractivity contribution < 1.29 is 4.79 Å². The van der Waals surface area contributed by atoms with Gasteiger partial charge in [0.2, 0.25) is 5.91 Å². The zero-order valence-corrected chi connectivity index (χ0v) is 11.0. The van der Waals surface area contributed by atoms with Gasteiger partial charge in [0.25, 0.3) is 0 Å². The molecule has 4 rings (SSSR count). The third-order valence-corrected chi connectivity index (χ3v) is 4.57. The van der Waals surface area contributed by atoms with Gasteiger partial charge in [-0.3, -0.25) is 4.79 Å². The quantitative estimate of drug-likeness (QED) is 0.809. The summed E-state index contributed by atoms with van der Waals surface area (Å²) in [5.74, 6) is 0.225. The van der Waals surface area contributed by atoms with Crippen LogP contribution in [0.15, 0.2) is 24.3 Å². The van der Waals surface area contributed by atoms with Gasteiger partial charge in [-0.15, -0.1) is 0 Å². The van der Waals surface area contributed by atoms with Crippen molar-refractivity contribution in [3.63, 3.8) is 0 Å². The van der Waals surface area contributed by atoms with E-state index in [1.165, 1.54) is 23.2 Å². The van der Waals surface area contributed by atoms with E-state index in [0.717, 1.165) is 37.9 Å². The van der Waals surface area contributed by atoms with Gasteiger partial charge in [0, 0.05) is 17.9 Å². The van der Waals surface area contributed by atoms with E-state index in [4.69, 9.17) is 0 Å². The van der Waals surface area contributed by atoms with Gasteiger partial charge in [-0.2, -0.15) is 0 Å². The van der Waals surface area contributed by atoms with Gasteiger partial charge in [-0.05, 0) is 55.4 Å². The number of nitrogens with one attached hydrogen (secondary N) is 2. The molecular weight excluding hydrogens is 236 g/mol. The van der Waals surface area contributed by atoms with Crippen molar-refractivity contribution in [1.29, 1.82) is 0 Å². The van der Waals surface area contributed by atoms with E-state index in [-0.39, 0.29) is 11.3 Å². The smallest absolute Gasteiger partial charge is 0.230 e. The first-order chi connectivity index (χ1) is 9.27. The largest absolute Gasteiger partial charge is 0.385 e. The van der Waals surface area contributed by atoms with E-state index in [2.05, 4.69) is 34.9 Å². The highest BCUT2D eigenvalue weighted by Crippen LogP contribution is 2.52. The van der Waals surface area contributed by atoms with Gasteiger partial charge >= 0.3 is 0 Å². The highest BCUT2D eigenvalue weighted by atomic mass is 16.2. The normalized spacial score (nSPS) is 23.2. The van der Waals surface area contributed by atoms with Gasteiger partial charge in [0.1, 0.15) is 0 Å². The molecule has 2 heterocycles. The molecule has 3 nitrogen and oxygen atoms in total. The topological polar surface area (TPSA) is 41.1 Å². The van der Waals surface area contributed by atoms with Crippen molar-refractivity contribution in [1.82, 2.24) is 5.32 Å². The van der Waals surface area contributed by atoms with Crippen LogP contribution in [0.1, 0.15) is 36.8 Å². The molecule has 1 amide bonds. The number of anilines is 1. The molecule has 2 N–H and O–H groups in total.